The highest BCUT2D eigenvalue weighted by molar-refractivity contribution is 6.18. The van der Waals surface area contributed by atoms with Gasteiger partial charge >= 0.3 is 5.97 Å². The summed E-state index contributed by atoms with van der Waals surface area (Å²) in [6, 6.07) is 5.00. The molecule has 0 atom stereocenters. The number of methoxy groups -OCH3 is 1. The lowest BCUT2D eigenvalue weighted by atomic mass is 10.1. The van der Waals surface area contributed by atoms with E-state index in [1.807, 2.05) is 0 Å². The van der Waals surface area contributed by atoms with Gasteiger partial charge in [0.25, 0.3) is 0 Å². The van der Waals surface area contributed by atoms with Crippen molar-refractivity contribution in [1.29, 1.82) is 0 Å². The molecule has 0 heterocycles. The molecule has 1 rings (SSSR count). The number of benzene rings is 1. The van der Waals surface area contributed by atoms with Crippen LogP contribution in [0.4, 0.5) is 5.69 Å². The maximum absolute atomic E-state index is 11.3. The predicted octanol–water partition coefficient (Wildman–Crippen LogP) is 2.04. The van der Waals surface area contributed by atoms with Crippen molar-refractivity contribution in [2.24, 2.45) is 0 Å². The average molecular weight is 238 g/mol. The molecule has 0 aliphatic rings. The van der Waals surface area contributed by atoms with Crippen molar-refractivity contribution in [3.8, 4) is 11.8 Å². The number of nitrogen functional groups attached to an aromatic ring is 1. The molecule has 0 aromatic heterocycles. The van der Waals surface area contributed by atoms with Crippen molar-refractivity contribution < 1.29 is 9.53 Å². The average Bonchev–Trinajstić information content (AvgIpc) is 2.30. The zero-order chi connectivity index (χ0) is 12.0. The number of alkyl halides is 1. The molecule has 2 N–H and O–H groups in total. The lowest BCUT2D eigenvalue weighted by molar-refractivity contribution is 0.0602. The second-order valence-electron chi connectivity index (χ2n) is 3.03. The number of carbonyl (C=O) groups excluding carboxylic acids is 1. The van der Waals surface area contributed by atoms with Crippen molar-refractivity contribution >= 4 is 23.3 Å². The number of nitrogens with two attached hydrogens (primary N) is 1. The molecule has 0 amide bonds. The van der Waals surface area contributed by atoms with E-state index in [0.717, 1.165) is 5.56 Å². The third kappa shape index (κ3) is 3.18. The third-order valence-electron chi connectivity index (χ3n) is 1.91. The second kappa shape index (κ2) is 6.04. The van der Waals surface area contributed by atoms with Crippen LogP contribution in [0.15, 0.2) is 18.2 Å². The molecule has 0 fully saturated rings. The first-order valence-electron chi connectivity index (χ1n) is 4.71. The summed E-state index contributed by atoms with van der Waals surface area (Å²) in [5.41, 5.74) is 7.09. The Hall–Kier alpha value is -1.66. The maximum atomic E-state index is 11.3. The fraction of sp³-hybridized carbons (Fsp3) is 0.250. The molecule has 0 radical (unpaired) electrons. The minimum absolute atomic E-state index is 0.333. The van der Waals surface area contributed by atoms with Gasteiger partial charge in [0.2, 0.25) is 0 Å². The molecule has 0 spiro atoms. The van der Waals surface area contributed by atoms with Crippen molar-refractivity contribution in [1.82, 2.24) is 0 Å². The first-order chi connectivity index (χ1) is 7.69. The molecule has 0 bridgehead atoms. The Morgan fingerprint density at radius 2 is 2.31 bits per heavy atom. The summed E-state index contributed by atoms with van der Waals surface area (Å²) in [6.07, 6.45) is 0.611. The van der Waals surface area contributed by atoms with Gasteiger partial charge < -0.3 is 10.5 Å². The zero-order valence-electron chi connectivity index (χ0n) is 8.92. The van der Waals surface area contributed by atoms with Crippen molar-refractivity contribution in [2.45, 2.75) is 6.42 Å². The highest BCUT2D eigenvalue weighted by Crippen LogP contribution is 2.14. The summed E-state index contributed by atoms with van der Waals surface area (Å²) < 4.78 is 4.61. The highest BCUT2D eigenvalue weighted by atomic mass is 35.5. The molecule has 4 heteroatoms. The SMILES string of the molecule is COC(=O)c1cc(C#CCCCl)ccc1N. The normalized spacial score (nSPS) is 9.12. The van der Waals surface area contributed by atoms with Crippen LogP contribution in [-0.2, 0) is 4.74 Å². The van der Waals surface area contributed by atoms with Gasteiger partial charge in [0, 0.05) is 23.6 Å². The van der Waals surface area contributed by atoms with Crippen LogP contribution in [0.2, 0.25) is 0 Å². The molecule has 0 saturated carbocycles. The van der Waals surface area contributed by atoms with Crippen LogP contribution in [0, 0.1) is 11.8 Å². The standard InChI is InChI=1S/C12H12ClNO2/c1-16-12(15)10-8-9(4-2-3-7-13)5-6-11(10)14/h5-6,8H,3,7,14H2,1H3. The lowest BCUT2D eigenvalue weighted by Crippen LogP contribution is -2.05. The van der Waals surface area contributed by atoms with E-state index in [4.69, 9.17) is 17.3 Å². The molecule has 0 saturated heterocycles. The number of hydrogen-bond acceptors (Lipinski definition) is 3. The van der Waals surface area contributed by atoms with Gasteiger partial charge in [-0.1, -0.05) is 11.8 Å². The molecule has 84 valence electrons. The molecule has 1 aromatic carbocycles. The molecule has 3 nitrogen and oxygen atoms in total. The summed E-state index contributed by atoms with van der Waals surface area (Å²) in [5, 5.41) is 0. The van der Waals surface area contributed by atoms with Gasteiger partial charge in [-0.2, -0.15) is 0 Å². The summed E-state index contributed by atoms with van der Waals surface area (Å²) in [7, 11) is 1.31. The van der Waals surface area contributed by atoms with E-state index < -0.39 is 5.97 Å². The van der Waals surface area contributed by atoms with E-state index in [9.17, 15) is 4.79 Å². The molecular weight excluding hydrogens is 226 g/mol. The minimum Gasteiger partial charge on any atom is -0.465 e. The Balaban J connectivity index is 2.99. The Labute approximate surface area is 99.5 Å². The summed E-state index contributed by atoms with van der Waals surface area (Å²) >= 11 is 5.50. The van der Waals surface area contributed by atoms with Crippen molar-refractivity contribution in [2.75, 3.05) is 18.7 Å². The molecule has 0 aliphatic carbocycles. The Morgan fingerprint density at radius 1 is 1.56 bits per heavy atom. The Morgan fingerprint density at radius 3 is 2.94 bits per heavy atom. The number of hydrogen-bond donors (Lipinski definition) is 1. The van der Waals surface area contributed by atoms with Crippen LogP contribution in [0.5, 0.6) is 0 Å². The van der Waals surface area contributed by atoms with Gasteiger partial charge in [0.1, 0.15) is 0 Å². The van der Waals surface area contributed by atoms with Crippen molar-refractivity contribution in [3.63, 3.8) is 0 Å². The molecule has 16 heavy (non-hydrogen) atoms. The predicted molar refractivity (Wildman–Crippen MR) is 64.4 cm³/mol. The number of rotatable bonds is 2. The topological polar surface area (TPSA) is 52.3 Å². The summed E-state index contributed by atoms with van der Waals surface area (Å²) in [6.45, 7) is 0. The second-order valence-corrected chi connectivity index (χ2v) is 3.41. The first kappa shape index (κ1) is 12.4. The van der Waals surface area contributed by atoms with Crippen LogP contribution in [0.1, 0.15) is 22.3 Å². The third-order valence-corrected chi connectivity index (χ3v) is 2.10. The fourth-order valence-electron chi connectivity index (χ4n) is 1.13. The van der Waals surface area contributed by atoms with E-state index in [-0.39, 0.29) is 0 Å². The van der Waals surface area contributed by atoms with Gasteiger partial charge in [0.15, 0.2) is 0 Å². The molecule has 1 aromatic rings. The zero-order valence-corrected chi connectivity index (χ0v) is 9.67. The van der Waals surface area contributed by atoms with E-state index >= 15 is 0 Å². The largest absolute Gasteiger partial charge is 0.465 e. The van der Waals surface area contributed by atoms with Gasteiger partial charge in [-0.3, -0.25) is 0 Å². The quantitative estimate of drug-likeness (QED) is 0.371. The number of ether oxygens (including phenoxy) is 1. The Bertz CT molecular complexity index is 446. The van der Waals surface area contributed by atoms with Crippen molar-refractivity contribution in [3.05, 3.63) is 29.3 Å². The highest BCUT2D eigenvalue weighted by Gasteiger charge is 2.09. The number of halogens is 1. The van der Waals surface area contributed by atoms with Gasteiger partial charge in [-0.05, 0) is 18.2 Å². The molecule has 0 aliphatic heterocycles. The van der Waals surface area contributed by atoms with E-state index in [0.29, 0.717) is 23.6 Å². The number of carbonyl (C=O) groups is 1. The number of anilines is 1. The fourth-order valence-corrected chi connectivity index (χ4v) is 1.23. The van der Waals surface area contributed by atoms with Crippen LogP contribution < -0.4 is 5.73 Å². The smallest absolute Gasteiger partial charge is 0.339 e. The van der Waals surface area contributed by atoms with E-state index in [1.54, 1.807) is 18.2 Å². The summed E-state index contributed by atoms with van der Waals surface area (Å²) in [4.78, 5) is 11.3. The van der Waals surface area contributed by atoms with Crippen LogP contribution in [0.3, 0.4) is 0 Å². The van der Waals surface area contributed by atoms with Gasteiger partial charge in [-0.15, -0.1) is 11.6 Å². The van der Waals surface area contributed by atoms with Gasteiger partial charge in [0.05, 0.1) is 12.7 Å². The van der Waals surface area contributed by atoms with E-state index in [2.05, 4.69) is 16.6 Å². The Kier molecular flexibility index (Phi) is 4.68. The maximum Gasteiger partial charge on any atom is 0.339 e. The first-order valence-corrected chi connectivity index (χ1v) is 5.25. The molecular formula is C12H12ClNO2. The van der Waals surface area contributed by atoms with Crippen LogP contribution in [-0.4, -0.2) is 19.0 Å². The van der Waals surface area contributed by atoms with Crippen LogP contribution in [0.25, 0.3) is 0 Å². The monoisotopic (exact) mass is 237 g/mol. The van der Waals surface area contributed by atoms with Crippen LogP contribution >= 0.6 is 11.6 Å². The summed E-state index contributed by atoms with van der Waals surface area (Å²) in [5.74, 6) is 5.81. The molecule has 0 unspecified atom stereocenters. The minimum atomic E-state index is -0.460. The van der Waals surface area contributed by atoms with E-state index in [1.165, 1.54) is 7.11 Å². The lowest BCUT2D eigenvalue weighted by Gasteiger charge is -2.03. The number of esters is 1. The van der Waals surface area contributed by atoms with Gasteiger partial charge in [-0.25, -0.2) is 4.79 Å².